The van der Waals surface area contributed by atoms with E-state index in [4.69, 9.17) is 18.9 Å². The molecule has 1 aliphatic carbocycles. The Morgan fingerprint density at radius 3 is 1.94 bits per heavy atom. The second-order valence-corrected chi connectivity index (χ2v) is 10.4. The molecule has 0 radical (unpaired) electrons. The van der Waals surface area contributed by atoms with Crippen molar-refractivity contribution in [3.05, 3.63) is 58.7 Å². The van der Waals surface area contributed by atoms with Gasteiger partial charge < -0.3 is 18.9 Å². The Bertz CT molecular complexity index is 933. The molecule has 5 rings (SSSR count). The number of aryl methyl sites for hydroxylation is 2. The zero-order chi connectivity index (χ0) is 21.4. The predicted octanol–water partition coefficient (Wildman–Crippen LogP) is 5.87. The Morgan fingerprint density at radius 1 is 0.903 bits per heavy atom. The summed E-state index contributed by atoms with van der Waals surface area (Å²) < 4.78 is 23.1. The highest BCUT2D eigenvalue weighted by molar-refractivity contribution is 14.1. The van der Waals surface area contributed by atoms with Crippen LogP contribution in [0.1, 0.15) is 54.4 Å². The molecule has 0 aromatic heterocycles. The van der Waals surface area contributed by atoms with E-state index in [1.165, 1.54) is 54.4 Å². The van der Waals surface area contributed by atoms with E-state index < -0.39 is 0 Å². The zero-order valence-corrected chi connectivity index (χ0v) is 20.5. The fourth-order valence-corrected chi connectivity index (χ4v) is 5.46. The van der Waals surface area contributed by atoms with Gasteiger partial charge in [0.2, 0.25) is 0 Å². The zero-order valence-electron chi connectivity index (χ0n) is 18.4. The van der Waals surface area contributed by atoms with Crippen molar-refractivity contribution in [2.24, 2.45) is 0 Å². The molecule has 166 valence electrons. The SMILES string of the molecule is Cc1cc(C2(c3ccc(OCC4OC4I)c(C)c3)CCCCC2)ccc1OCC1CO1. The van der Waals surface area contributed by atoms with Crippen LogP contribution in [0.4, 0.5) is 0 Å². The highest BCUT2D eigenvalue weighted by atomic mass is 127. The van der Waals surface area contributed by atoms with Gasteiger partial charge in [0.25, 0.3) is 0 Å². The van der Waals surface area contributed by atoms with Crippen molar-refractivity contribution in [2.75, 3.05) is 19.8 Å². The van der Waals surface area contributed by atoms with Crippen molar-refractivity contribution in [1.82, 2.24) is 0 Å². The van der Waals surface area contributed by atoms with Crippen LogP contribution in [-0.2, 0) is 14.9 Å². The van der Waals surface area contributed by atoms with Gasteiger partial charge in [0.15, 0.2) is 0 Å². The van der Waals surface area contributed by atoms with E-state index in [2.05, 4.69) is 72.8 Å². The normalized spacial score (nSPS) is 26.4. The molecule has 2 aromatic carbocycles. The molecule has 3 aliphatic rings. The lowest BCUT2D eigenvalue weighted by Gasteiger charge is -2.39. The largest absolute Gasteiger partial charge is 0.491 e. The fourth-order valence-electron chi connectivity index (χ4n) is 4.87. The van der Waals surface area contributed by atoms with Crippen LogP contribution in [0.25, 0.3) is 0 Å². The lowest BCUT2D eigenvalue weighted by molar-refractivity contribution is 0.261. The van der Waals surface area contributed by atoms with Gasteiger partial charge in [0, 0.05) is 5.41 Å². The molecular formula is C26H31IO4. The summed E-state index contributed by atoms with van der Waals surface area (Å²) in [6.45, 7) is 6.42. The van der Waals surface area contributed by atoms with Gasteiger partial charge >= 0.3 is 0 Å². The van der Waals surface area contributed by atoms with E-state index in [-0.39, 0.29) is 17.6 Å². The second kappa shape index (κ2) is 8.91. The number of rotatable bonds is 8. The highest BCUT2D eigenvalue weighted by Gasteiger charge is 2.38. The van der Waals surface area contributed by atoms with Gasteiger partial charge in [-0.25, -0.2) is 0 Å². The van der Waals surface area contributed by atoms with Crippen molar-refractivity contribution in [3.63, 3.8) is 0 Å². The smallest absolute Gasteiger partial charge is 0.138 e. The molecule has 0 bridgehead atoms. The molecule has 0 N–H and O–H groups in total. The van der Waals surface area contributed by atoms with Crippen molar-refractivity contribution < 1.29 is 18.9 Å². The summed E-state index contributed by atoms with van der Waals surface area (Å²) in [6.07, 6.45) is 6.75. The minimum absolute atomic E-state index is 0.0668. The maximum Gasteiger partial charge on any atom is 0.138 e. The Labute approximate surface area is 198 Å². The average Bonchev–Trinajstić information content (AvgIpc) is 3.71. The standard InChI is InChI=1S/C26H31IO4/c1-17-12-19(6-8-22(17)29-15-21-14-28-21)26(10-4-3-5-11-26)20-7-9-23(18(2)13-20)30-16-24-25(27)31-24/h6-9,12-13,21,24-25H,3-5,10-11,14-16H2,1-2H3. The summed E-state index contributed by atoms with van der Waals surface area (Å²) in [7, 11) is 0. The third-order valence-corrected chi connectivity index (χ3v) is 8.01. The van der Waals surface area contributed by atoms with Crippen molar-refractivity contribution >= 4 is 22.6 Å². The monoisotopic (exact) mass is 534 g/mol. The van der Waals surface area contributed by atoms with E-state index in [1.54, 1.807) is 0 Å². The van der Waals surface area contributed by atoms with Crippen molar-refractivity contribution in [3.8, 4) is 11.5 Å². The molecule has 2 heterocycles. The Morgan fingerprint density at radius 2 is 1.45 bits per heavy atom. The van der Waals surface area contributed by atoms with Crippen LogP contribution in [0.15, 0.2) is 36.4 Å². The molecule has 3 atom stereocenters. The molecule has 3 fully saturated rings. The molecular weight excluding hydrogens is 503 g/mol. The molecule has 5 heteroatoms. The molecule has 2 aromatic rings. The van der Waals surface area contributed by atoms with Crippen LogP contribution >= 0.6 is 22.6 Å². The lowest BCUT2D eigenvalue weighted by Crippen LogP contribution is -2.30. The second-order valence-electron chi connectivity index (χ2n) is 9.21. The van der Waals surface area contributed by atoms with E-state index in [0.29, 0.717) is 17.3 Å². The van der Waals surface area contributed by atoms with E-state index in [9.17, 15) is 0 Å². The van der Waals surface area contributed by atoms with E-state index in [1.807, 2.05) is 0 Å². The van der Waals surface area contributed by atoms with Gasteiger partial charge in [-0.15, -0.1) is 0 Å². The topological polar surface area (TPSA) is 43.5 Å². The van der Waals surface area contributed by atoms with Crippen LogP contribution < -0.4 is 9.47 Å². The fraction of sp³-hybridized carbons (Fsp3) is 0.538. The molecule has 1 saturated carbocycles. The van der Waals surface area contributed by atoms with Crippen LogP contribution in [0.3, 0.4) is 0 Å². The molecule has 3 unspecified atom stereocenters. The first kappa shape index (κ1) is 21.5. The van der Waals surface area contributed by atoms with Gasteiger partial charge in [0.05, 0.1) is 6.61 Å². The number of benzene rings is 2. The Balaban J connectivity index is 1.40. The number of halogens is 1. The van der Waals surface area contributed by atoms with E-state index in [0.717, 1.165) is 18.1 Å². The minimum Gasteiger partial charge on any atom is -0.491 e. The number of alkyl halides is 1. The molecule has 2 aliphatic heterocycles. The molecule has 31 heavy (non-hydrogen) atoms. The van der Waals surface area contributed by atoms with Gasteiger partial charge in [0.1, 0.15) is 41.0 Å². The van der Waals surface area contributed by atoms with Gasteiger partial charge in [-0.05, 0) is 83.7 Å². The molecule has 4 nitrogen and oxygen atoms in total. The lowest BCUT2D eigenvalue weighted by atomic mass is 9.65. The van der Waals surface area contributed by atoms with E-state index >= 15 is 0 Å². The number of hydrogen-bond donors (Lipinski definition) is 0. The first-order chi connectivity index (χ1) is 15.0. The third kappa shape index (κ3) is 4.74. The minimum atomic E-state index is 0.0668. The summed E-state index contributed by atoms with van der Waals surface area (Å²) in [5.74, 6) is 1.94. The Hall–Kier alpha value is -1.31. The summed E-state index contributed by atoms with van der Waals surface area (Å²) in [5.41, 5.74) is 5.29. The number of hydrogen-bond acceptors (Lipinski definition) is 4. The number of ether oxygens (including phenoxy) is 4. The number of epoxide rings is 2. The van der Waals surface area contributed by atoms with Crippen LogP contribution in [0, 0.1) is 13.8 Å². The van der Waals surface area contributed by atoms with Gasteiger partial charge in [-0.1, -0.05) is 43.5 Å². The predicted molar refractivity (Wildman–Crippen MR) is 130 cm³/mol. The first-order valence-electron chi connectivity index (χ1n) is 11.4. The van der Waals surface area contributed by atoms with Crippen LogP contribution in [-0.4, -0.2) is 36.1 Å². The maximum absolute atomic E-state index is 6.04. The van der Waals surface area contributed by atoms with Crippen molar-refractivity contribution in [2.45, 2.75) is 67.7 Å². The van der Waals surface area contributed by atoms with Gasteiger partial charge in [-0.3, -0.25) is 0 Å². The average molecular weight is 534 g/mol. The van der Waals surface area contributed by atoms with Crippen molar-refractivity contribution in [1.29, 1.82) is 0 Å². The summed E-state index contributed by atoms with van der Waals surface area (Å²) in [6, 6.07) is 13.6. The van der Waals surface area contributed by atoms with Gasteiger partial charge in [-0.2, -0.15) is 0 Å². The summed E-state index contributed by atoms with van der Waals surface area (Å²) >= 11 is 2.31. The van der Waals surface area contributed by atoms with Crippen LogP contribution in [0.5, 0.6) is 11.5 Å². The Kier molecular flexibility index (Phi) is 6.19. The molecule has 0 spiro atoms. The van der Waals surface area contributed by atoms with Crippen LogP contribution in [0.2, 0.25) is 0 Å². The molecule has 2 saturated heterocycles. The first-order valence-corrected chi connectivity index (χ1v) is 12.7. The quantitative estimate of drug-likeness (QED) is 0.242. The summed E-state index contributed by atoms with van der Waals surface area (Å²) in [4.78, 5) is 0. The highest BCUT2D eigenvalue weighted by Crippen LogP contribution is 2.46. The molecule has 0 amide bonds. The third-order valence-electron chi connectivity index (χ3n) is 6.91. The maximum atomic E-state index is 6.04. The summed E-state index contributed by atoms with van der Waals surface area (Å²) in [5, 5.41) is 0.